The Hall–Kier alpha value is -0.385. The monoisotopic (exact) mass is 232 g/mol. The molecule has 0 heterocycles. The van der Waals surface area contributed by atoms with Gasteiger partial charge < -0.3 is 10.0 Å². The Kier molecular flexibility index (Phi) is 2.87. The molecule has 0 unspecified atom stereocenters. The van der Waals surface area contributed by atoms with Gasteiger partial charge >= 0.3 is 7.12 Å². The van der Waals surface area contributed by atoms with E-state index in [0.717, 1.165) is 0 Å². The van der Waals surface area contributed by atoms with Crippen LogP contribution in [-0.2, 0) is 0 Å². The fourth-order valence-electron chi connectivity index (χ4n) is 0.934. The topological polar surface area (TPSA) is 40.5 Å². The van der Waals surface area contributed by atoms with Crippen LogP contribution in [0.15, 0.2) is 16.6 Å². The molecule has 64 valence electrons. The highest BCUT2D eigenvalue weighted by atomic mass is 79.9. The number of halogens is 2. The van der Waals surface area contributed by atoms with Crippen LogP contribution < -0.4 is 5.46 Å². The molecule has 0 aliphatic heterocycles. The number of hydrogen-bond acceptors (Lipinski definition) is 2. The van der Waals surface area contributed by atoms with Gasteiger partial charge in [-0.2, -0.15) is 0 Å². The van der Waals surface area contributed by atoms with Crippen LogP contribution in [0.1, 0.15) is 5.56 Å². The van der Waals surface area contributed by atoms with Crippen molar-refractivity contribution >= 4 is 28.5 Å². The third-order valence-corrected chi connectivity index (χ3v) is 2.09. The summed E-state index contributed by atoms with van der Waals surface area (Å²) in [4.78, 5) is 0. The number of benzene rings is 1. The molecular formula is C7H7BBrFO2. The van der Waals surface area contributed by atoms with Crippen molar-refractivity contribution in [3.05, 3.63) is 28.0 Å². The molecule has 2 nitrogen and oxygen atoms in total. The molecule has 0 bridgehead atoms. The van der Waals surface area contributed by atoms with Crippen LogP contribution in [-0.4, -0.2) is 17.2 Å². The van der Waals surface area contributed by atoms with Crippen molar-refractivity contribution in [1.82, 2.24) is 0 Å². The minimum Gasteiger partial charge on any atom is -0.423 e. The van der Waals surface area contributed by atoms with Gasteiger partial charge in [-0.3, -0.25) is 0 Å². The van der Waals surface area contributed by atoms with Gasteiger partial charge in [-0.1, -0.05) is 15.9 Å². The SMILES string of the molecule is Cc1c(F)cc(Br)cc1B(O)O. The molecule has 0 aromatic heterocycles. The predicted octanol–water partition coefficient (Wildman–Crippen LogP) is 0.576. The maximum atomic E-state index is 12.9. The second kappa shape index (κ2) is 3.55. The van der Waals surface area contributed by atoms with E-state index in [4.69, 9.17) is 10.0 Å². The predicted molar refractivity (Wildman–Crippen MR) is 48.7 cm³/mol. The molecule has 1 aromatic carbocycles. The lowest BCUT2D eigenvalue weighted by molar-refractivity contribution is 0.425. The van der Waals surface area contributed by atoms with Gasteiger partial charge in [-0.05, 0) is 30.1 Å². The molecule has 5 heteroatoms. The van der Waals surface area contributed by atoms with E-state index in [1.807, 2.05) is 0 Å². The fourth-order valence-corrected chi connectivity index (χ4v) is 1.38. The van der Waals surface area contributed by atoms with E-state index < -0.39 is 12.9 Å². The fraction of sp³-hybridized carbons (Fsp3) is 0.143. The average Bonchev–Trinajstić information content (AvgIpc) is 1.96. The lowest BCUT2D eigenvalue weighted by Gasteiger charge is -2.05. The van der Waals surface area contributed by atoms with Crippen LogP contribution in [0, 0.1) is 12.7 Å². The van der Waals surface area contributed by atoms with E-state index in [9.17, 15) is 4.39 Å². The Bertz CT molecular complexity index is 304. The summed E-state index contributed by atoms with van der Waals surface area (Å²) in [5.74, 6) is -0.451. The Labute approximate surface area is 78.3 Å². The van der Waals surface area contributed by atoms with Gasteiger partial charge in [0.25, 0.3) is 0 Å². The molecule has 0 spiro atoms. The number of rotatable bonds is 1. The summed E-state index contributed by atoms with van der Waals surface area (Å²) < 4.78 is 13.4. The van der Waals surface area contributed by atoms with Crippen LogP contribution in [0.25, 0.3) is 0 Å². The van der Waals surface area contributed by atoms with Crippen molar-refractivity contribution in [3.63, 3.8) is 0 Å². The maximum Gasteiger partial charge on any atom is 0.488 e. The van der Waals surface area contributed by atoms with Gasteiger partial charge in [0.2, 0.25) is 0 Å². The summed E-state index contributed by atoms with van der Waals surface area (Å²) in [6, 6.07) is 2.75. The summed E-state index contributed by atoms with van der Waals surface area (Å²) in [6.07, 6.45) is 0. The lowest BCUT2D eigenvalue weighted by atomic mass is 9.77. The van der Waals surface area contributed by atoms with Gasteiger partial charge in [0.05, 0.1) is 0 Å². The number of hydrogen-bond donors (Lipinski definition) is 2. The zero-order valence-electron chi connectivity index (χ0n) is 6.38. The van der Waals surface area contributed by atoms with Crippen molar-refractivity contribution in [2.45, 2.75) is 6.92 Å². The summed E-state index contributed by atoms with van der Waals surface area (Å²) in [5, 5.41) is 17.6. The highest BCUT2D eigenvalue weighted by molar-refractivity contribution is 9.10. The first-order chi connectivity index (χ1) is 5.52. The van der Waals surface area contributed by atoms with E-state index in [1.54, 1.807) is 0 Å². The summed E-state index contributed by atoms with van der Waals surface area (Å²) in [6.45, 7) is 1.50. The van der Waals surface area contributed by atoms with E-state index in [0.29, 0.717) is 4.47 Å². The smallest absolute Gasteiger partial charge is 0.423 e. The van der Waals surface area contributed by atoms with Crippen molar-refractivity contribution in [2.75, 3.05) is 0 Å². The molecule has 0 aliphatic carbocycles. The molecule has 12 heavy (non-hydrogen) atoms. The molecule has 0 aliphatic rings. The standard InChI is InChI=1S/C7H7BBrFO2/c1-4-6(8(11)12)2-5(9)3-7(4)10/h2-3,11-12H,1H3. The molecular weight excluding hydrogens is 226 g/mol. The second-order valence-corrected chi connectivity index (χ2v) is 3.39. The molecule has 0 amide bonds. The van der Waals surface area contributed by atoms with Crippen molar-refractivity contribution < 1.29 is 14.4 Å². The van der Waals surface area contributed by atoms with Crippen LogP contribution in [0.5, 0.6) is 0 Å². The zero-order valence-corrected chi connectivity index (χ0v) is 7.97. The van der Waals surface area contributed by atoms with E-state index in [1.165, 1.54) is 19.1 Å². The zero-order chi connectivity index (χ0) is 9.30. The van der Waals surface area contributed by atoms with Gasteiger partial charge in [-0.15, -0.1) is 0 Å². The largest absolute Gasteiger partial charge is 0.488 e. The normalized spacial score (nSPS) is 10.1. The Morgan fingerprint density at radius 2 is 2.00 bits per heavy atom. The van der Waals surface area contributed by atoms with E-state index >= 15 is 0 Å². The van der Waals surface area contributed by atoms with Gasteiger partial charge in [0.1, 0.15) is 5.82 Å². The maximum absolute atomic E-state index is 12.9. The Morgan fingerprint density at radius 1 is 1.42 bits per heavy atom. The molecule has 0 saturated carbocycles. The van der Waals surface area contributed by atoms with E-state index in [2.05, 4.69) is 15.9 Å². The lowest BCUT2D eigenvalue weighted by Crippen LogP contribution is -2.32. The van der Waals surface area contributed by atoms with Gasteiger partial charge in [0.15, 0.2) is 0 Å². The van der Waals surface area contributed by atoms with Crippen LogP contribution in [0.4, 0.5) is 4.39 Å². The van der Waals surface area contributed by atoms with Crippen LogP contribution >= 0.6 is 15.9 Å². The molecule has 1 aromatic rings. The minimum atomic E-state index is -1.63. The summed E-state index contributed by atoms with van der Waals surface area (Å²) >= 11 is 3.05. The third kappa shape index (κ3) is 1.85. The van der Waals surface area contributed by atoms with E-state index in [-0.39, 0.29) is 11.0 Å². The van der Waals surface area contributed by atoms with Gasteiger partial charge in [-0.25, -0.2) is 4.39 Å². The van der Waals surface area contributed by atoms with Crippen molar-refractivity contribution in [3.8, 4) is 0 Å². The van der Waals surface area contributed by atoms with Crippen molar-refractivity contribution in [2.24, 2.45) is 0 Å². The Balaban J connectivity index is 3.28. The second-order valence-electron chi connectivity index (χ2n) is 2.48. The average molecular weight is 233 g/mol. The Morgan fingerprint density at radius 3 is 2.50 bits per heavy atom. The quantitative estimate of drug-likeness (QED) is 0.696. The summed E-state index contributed by atoms with van der Waals surface area (Å²) in [5.41, 5.74) is 0.440. The highest BCUT2D eigenvalue weighted by Crippen LogP contribution is 2.12. The van der Waals surface area contributed by atoms with Crippen LogP contribution in [0.3, 0.4) is 0 Å². The molecule has 0 radical (unpaired) electrons. The first-order valence-electron chi connectivity index (χ1n) is 3.34. The first-order valence-corrected chi connectivity index (χ1v) is 4.13. The minimum absolute atomic E-state index is 0.182. The third-order valence-electron chi connectivity index (χ3n) is 1.63. The molecule has 1 rings (SSSR count). The van der Waals surface area contributed by atoms with Gasteiger partial charge in [0, 0.05) is 4.47 Å². The van der Waals surface area contributed by atoms with Crippen LogP contribution in [0.2, 0.25) is 0 Å². The molecule has 0 fully saturated rings. The molecule has 0 saturated heterocycles. The molecule has 0 atom stereocenters. The highest BCUT2D eigenvalue weighted by Gasteiger charge is 2.16. The first kappa shape index (κ1) is 9.70. The molecule has 2 N–H and O–H groups in total. The van der Waals surface area contributed by atoms with Crippen molar-refractivity contribution in [1.29, 1.82) is 0 Å². The summed E-state index contributed by atoms with van der Waals surface area (Å²) in [7, 11) is -1.63.